The fraction of sp³-hybridized carbons (Fsp3) is 0.333. The third-order valence-electron chi connectivity index (χ3n) is 0.766. The third-order valence-corrected chi connectivity index (χ3v) is 0.766. The molecule has 0 aliphatic rings. The maximum Gasteiger partial charge on any atom is 0.513 e. The largest absolute Gasteiger partial charge is 0.513 e. The lowest BCUT2D eigenvalue weighted by atomic mass is 10.4. The van der Waals surface area contributed by atoms with Crippen LogP contribution in [-0.4, -0.2) is 19.0 Å². The SMILES string of the molecule is C=C(OC(=O)OC)C(C)=O. The van der Waals surface area contributed by atoms with Crippen LogP contribution in [0, 0.1) is 0 Å². The first-order valence-electron chi connectivity index (χ1n) is 2.53. The molecule has 0 aromatic heterocycles. The van der Waals surface area contributed by atoms with E-state index in [9.17, 15) is 9.59 Å². The Kier molecular flexibility index (Phi) is 3.17. The molecule has 0 aliphatic carbocycles. The summed E-state index contributed by atoms with van der Waals surface area (Å²) in [5.41, 5.74) is 0. The van der Waals surface area contributed by atoms with Gasteiger partial charge < -0.3 is 9.47 Å². The summed E-state index contributed by atoms with van der Waals surface area (Å²) in [5.74, 6) is -0.614. The van der Waals surface area contributed by atoms with Gasteiger partial charge in [-0.1, -0.05) is 6.58 Å². The second-order valence-electron chi connectivity index (χ2n) is 1.54. The maximum absolute atomic E-state index is 10.4. The van der Waals surface area contributed by atoms with Gasteiger partial charge in [0.25, 0.3) is 0 Å². The zero-order valence-corrected chi connectivity index (χ0v) is 5.84. The summed E-state index contributed by atoms with van der Waals surface area (Å²) < 4.78 is 8.35. The normalized spacial score (nSPS) is 8.20. The number of carbonyl (C=O) groups excluding carboxylic acids is 2. The molecule has 4 heteroatoms. The van der Waals surface area contributed by atoms with Gasteiger partial charge in [0.15, 0.2) is 11.5 Å². The Hall–Kier alpha value is -1.32. The molecule has 0 saturated carbocycles. The smallest absolute Gasteiger partial charge is 0.437 e. The predicted octanol–water partition coefficient (Wildman–Crippen LogP) is 0.872. The van der Waals surface area contributed by atoms with Crippen molar-refractivity contribution in [3.05, 3.63) is 12.3 Å². The number of hydrogen-bond donors (Lipinski definition) is 0. The number of Topliss-reactive ketones (excluding diaryl/α,β-unsaturated/α-hetero) is 1. The standard InChI is InChI=1S/C6H8O4/c1-4(7)5(2)10-6(8)9-3/h2H2,1,3H3. The van der Waals surface area contributed by atoms with Gasteiger partial charge in [0, 0.05) is 6.92 Å². The minimum Gasteiger partial charge on any atom is -0.437 e. The number of allylic oxidation sites excluding steroid dienone is 1. The number of carbonyl (C=O) groups is 2. The van der Waals surface area contributed by atoms with Crippen molar-refractivity contribution in [1.82, 2.24) is 0 Å². The van der Waals surface area contributed by atoms with E-state index >= 15 is 0 Å². The summed E-state index contributed by atoms with van der Waals surface area (Å²) in [6.07, 6.45) is -0.930. The second-order valence-corrected chi connectivity index (χ2v) is 1.54. The summed E-state index contributed by atoms with van der Waals surface area (Å²) in [7, 11) is 1.15. The van der Waals surface area contributed by atoms with Crippen LogP contribution < -0.4 is 0 Å². The van der Waals surface area contributed by atoms with Crippen LogP contribution in [0.25, 0.3) is 0 Å². The Morgan fingerprint density at radius 1 is 1.40 bits per heavy atom. The zero-order chi connectivity index (χ0) is 8.15. The van der Waals surface area contributed by atoms with Gasteiger partial charge in [-0.05, 0) is 0 Å². The topological polar surface area (TPSA) is 52.6 Å². The maximum atomic E-state index is 10.4. The lowest BCUT2D eigenvalue weighted by Crippen LogP contribution is -2.07. The van der Waals surface area contributed by atoms with Gasteiger partial charge >= 0.3 is 6.16 Å². The van der Waals surface area contributed by atoms with Gasteiger partial charge in [0.1, 0.15) is 0 Å². The summed E-state index contributed by atoms with van der Waals surface area (Å²) in [6.45, 7) is 4.41. The molecule has 0 atom stereocenters. The van der Waals surface area contributed by atoms with Crippen molar-refractivity contribution in [3.63, 3.8) is 0 Å². The van der Waals surface area contributed by atoms with Crippen LogP contribution in [0.3, 0.4) is 0 Å². The Morgan fingerprint density at radius 3 is 2.20 bits per heavy atom. The quantitative estimate of drug-likeness (QED) is 0.328. The van der Waals surface area contributed by atoms with Crippen LogP contribution in [0.2, 0.25) is 0 Å². The molecule has 0 N–H and O–H groups in total. The Bertz CT molecular complexity index is 171. The first kappa shape index (κ1) is 8.68. The zero-order valence-electron chi connectivity index (χ0n) is 5.84. The van der Waals surface area contributed by atoms with E-state index in [1.807, 2.05) is 0 Å². The molecule has 0 bridgehead atoms. The molecule has 0 aromatic rings. The fourth-order valence-corrected chi connectivity index (χ4v) is 0.214. The van der Waals surface area contributed by atoms with Crippen molar-refractivity contribution >= 4 is 11.9 Å². The van der Waals surface area contributed by atoms with E-state index in [0.717, 1.165) is 7.11 Å². The van der Waals surface area contributed by atoms with E-state index in [1.54, 1.807) is 0 Å². The molecule has 0 rings (SSSR count). The minimum atomic E-state index is -0.930. The number of ketones is 1. The van der Waals surface area contributed by atoms with Gasteiger partial charge in [-0.15, -0.1) is 0 Å². The molecule has 0 aliphatic heterocycles. The molecule has 56 valence electrons. The van der Waals surface area contributed by atoms with E-state index in [0.29, 0.717) is 0 Å². The summed E-state index contributed by atoms with van der Waals surface area (Å²) >= 11 is 0. The Morgan fingerprint density at radius 2 is 1.90 bits per heavy atom. The van der Waals surface area contributed by atoms with Crippen LogP contribution in [0.5, 0.6) is 0 Å². The van der Waals surface area contributed by atoms with Crippen LogP contribution in [0.1, 0.15) is 6.92 Å². The van der Waals surface area contributed by atoms with E-state index < -0.39 is 11.9 Å². The van der Waals surface area contributed by atoms with E-state index in [1.165, 1.54) is 6.92 Å². The van der Waals surface area contributed by atoms with Crippen molar-refractivity contribution in [2.24, 2.45) is 0 Å². The molecular weight excluding hydrogens is 136 g/mol. The molecular formula is C6H8O4. The van der Waals surface area contributed by atoms with Crippen LogP contribution in [-0.2, 0) is 14.3 Å². The van der Waals surface area contributed by atoms with Crippen molar-refractivity contribution < 1.29 is 19.1 Å². The number of methoxy groups -OCH3 is 1. The average molecular weight is 144 g/mol. The molecule has 0 amide bonds. The monoisotopic (exact) mass is 144 g/mol. The molecule has 0 saturated heterocycles. The summed E-state index contributed by atoms with van der Waals surface area (Å²) in [6, 6.07) is 0. The molecule has 0 unspecified atom stereocenters. The highest BCUT2D eigenvalue weighted by Gasteiger charge is 2.07. The minimum absolute atomic E-state index is 0.216. The Labute approximate surface area is 58.4 Å². The number of ether oxygens (including phenoxy) is 2. The summed E-state index contributed by atoms with van der Waals surface area (Å²) in [5, 5.41) is 0. The summed E-state index contributed by atoms with van der Waals surface area (Å²) in [4.78, 5) is 20.6. The van der Waals surface area contributed by atoms with Crippen molar-refractivity contribution in [2.45, 2.75) is 6.92 Å². The van der Waals surface area contributed by atoms with Crippen molar-refractivity contribution in [1.29, 1.82) is 0 Å². The third kappa shape index (κ3) is 2.86. The van der Waals surface area contributed by atoms with Gasteiger partial charge in [-0.25, -0.2) is 4.79 Å². The molecule has 10 heavy (non-hydrogen) atoms. The van der Waals surface area contributed by atoms with Crippen molar-refractivity contribution in [2.75, 3.05) is 7.11 Å². The van der Waals surface area contributed by atoms with Gasteiger partial charge in [-0.2, -0.15) is 0 Å². The number of rotatable bonds is 2. The highest BCUT2D eigenvalue weighted by Crippen LogP contribution is 1.96. The van der Waals surface area contributed by atoms with Gasteiger partial charge in [0.2, 0.25) is 0 Å². The molecule has 0 radical (unpaired) electrons. The lowest BCUT2D eigenvalue weighted by Gasteiger charge is -2.00. The molecule has 0 spiro atoms. The lowest BCUT2D eigenvalue weighted by molar-refractivity contribution is -0.116. The first-order chi connectivity index (χ1) is 4.57. The molecule has 0 heterocycles. The van der Waals surface area contributed by atoms with Crippen LogP contribution in [0.15, 0.2) is 12.3 Å². The van der Waals surface area contributed by atoms with Crippen LogP contribution in [0.4, 0.5) is 4.79 Å². The van der Waals surface area contributed by atoms with Crippen molar-refractivity contribution in [3.8, 4) is 0 Å². The molecule has 4 nitrogen and oxygen atoms in total. The Balaban J connectivity index is 3.80. The second kappa shape index (κ2) is 3.66. The highest BCUT2D eigenvalue weighted by atomic mass is 16.7. The van der Waals surface area contributed by atoms with E-state index in [-0.39, 0.29) is 5.76 Å². The van der Waals surface area contributed by atoms with Gasteiger partial charge in [-0.3, -0.25) is 4.79 Å². The van der Waals surface area contributed by atoms with Gasteiger partial charge in [0.05, 0.1) is 7.11 Å². The first-order valence-corrected chi connectivity index (χ1v) is 2.53. The van der Waals surface area contributed by atoms with E-state index in [2.05, 4.69) is 16.1 Å². The molecule has 0 fully saturated rings. The number of hydrogen-bond acceptors (Lipinski definition) is 4. The molecule has 0 aromatic carbocycles. The predicted molar refractivity (Wildman–Crippen MR) is 33.3 cm³/mol. The van der Waals surface area contributed by atoms with E-state index in [4.69, 9.17) is 0 Å². The average Bonchev–Trinajstić information content (AvgIpc) is 1.87. The highest BCUT2D eigenvalue weighted by molar-refractivity contribution is 5.92. The van der Waals surface area contributed by atoms with Crippen LogP contribution >= 0.6 is 0 Å². The fourth-order valence-electron chi connectivity index (χ4n) is 0.214.